The molecule has 1 aromatic rings. The third-order valence-corrected chi connectivity index (χ3v) is 4.44. The largest absolute Gasteiger partial charge is 0.375 e. The summed E-state index contributed by atoms with van der Waals surface area (Å²) in [4.78, 5) is 16.7. The van der Waals surface area contributed by atoms with Crippen molar-refractivity contribution in [2.45, 2.75) is 40.0 Å². The minimum Gasteiger partial charge on any atom is -0.375 e. The molecule has 0 atom stereocenters. The van der Waals surface area contributed by atoms with Crippen LogP contribution in [0.5, 0.6) is 0 Å². The highest BCUT2D eigenvalue weighted by atomic mass is 16.2. The number of rotatable bonds is 9. The minimum atomic E-state index is 0.0258. The van der Waals surface area contributed by atoms with Crippen LogP contribution in [0.1, 0.15) is 50.4 Å². The molecule has 0 unspecified atom stereocenters. The number of benzene rings is 1. The Hall–Kier alpha value is -2.02. The van der Waals surface area contributed by atoms with Crippen LogP contribution in [0.4, 0.5) is 5.69 Å². The number of hydrogen-bond acceptors (Lipinski definition) is 3. The van der Waals surface area contributed by atoms with E-state index in [-0.39, 0.29) is 5.91 Å². The summed E-state index contributed by atoms with van der Waals surface area (Å²) in [6, 6.07) is 9.88. The lowest BCUT2D eigenvalue weighted by Crippen LogP contribution is -2.36. The summed E-state index contributed by atoms with van der Waals surface area (Å²) in [7, 11) is 2.03. The van der Waals surface area contributed by atoms with Gasteiger partial charge in [-0.1, -0.05) is 26.7 Å². The van der Waals surface area contributed by atoms with Crippen molar-refractivity contribution < 1.29 is 4.79 Å². The van der Waals surface area contributed by atoms with Crippen LogP contribution in [0.25, 0.3) is 0 Å². The van der Waals surface area contributed by atoms with E-state index in [4.69, 9.17) is 5.26 Å². The average molecular weight is 315 g/mol. The molecular weight excluding hydrogens is 286 g/mol. The van der Waals surface area contributed by atoms with Crippen LogP contribution in [0.2, 0.25) is 0 Å². The van der Waals surface area contributed by atoms with Crippen molar-refractivity contribution in [2.75, 3.05) is 31.6 Å². The lowest BCUT2D eigenvalue weighted by atomic mass is 10.0. The van der Waals surface area contributed by atoms with Gasteiger partial charge in [0, 0.05) is 37.9 Å². The molecule has 0 aromatic heterocycles. The predicted octanol–water partition coefficient (Wildman–Crippen LogP) is 3.93. The molecule has 0 radical (unpaired) electrons. The molecule has 0 heterocycles. The number of hydrogen-bond donors (Lipinski definition) is 0. The van der Waals surface area contributed by atoms with Gasteiger partial charge in [0.05, 0.1) is 12.5 Å². The SMILES string of the molecule is CCC(CC)CN(CCC#N)C(=O)c1ccc(N(C)CC)cc1. The van der Waals surface area contributed by atoms with Gasteiger partial charge in [0.15, 0.2) is 0 Å². The maximum absolute atomic E-state index is 12.8. The van der Waals surface area contributed by atoms with Gasteiger partial charge in [-0.2, -0.15) is 5.26 Å². The Morgan fingerprint density at radius 2 is 1.78 bits per heavy atom. The van der Waals surface area contributed by atoms with E-state index in [0.29, 0.717) is 24.4 Å². The second kappa shape index (κ2) is 9.89. The second-order valence-electron chi connectivity index (χ2n) is 5.90. The van der Waals surface area contributed by atoms with E-state index < -0.39 is 0 Å². The van der Waals surface area contributed by atoms with Crippen LogP contribution in [-0.4, -0.2) is 37.5 Å². The molecule has 0 aliphatic heterocycles. The summed E-state index contributed by atoms with van der Waals surface area (Å²) < 4.78 is 0. The molecule has 1 aromatic carbocycles. The lowest BCUT2D eigenvalue weighted by molar-refractivity contribution is 0.0729. The molecule has 0 fully saturated rings. The molecule has 4 heteroatoms. The fraction of sp³-hybridized carbons (Fsp3) is 0.579. The number of nitriles is 1. The molecule has 1 amide bonds. The number of carbonyl (C=O) groups is 1. The van der Waals surface area contributed by atoms with E-state index in [0.717, 1.165) is 31.6 Å². The van der Waals surface area contributed by atoms with Gasteiger partial charge in [-0.15, -0.1) is 0 Å². The number of nitrogens with zero attached hydrogens (tertiary/aromatic N) is 3. The van der Waals surface area contributed by atoms with Crippen LogP contribution in [0.15, 0.2) is 24.3 Å². The number of carbonyl (C=O) groups excluding carboxylic acids is 1. The summed E-state index contributed by atoms with van der Waals surface area (Å²) >= 11 is 0. The van der Waals surface area contributed by atoms with Crippen LogP contribution < -0.4 is 4.90 Å². The summed E-state index contributed by atoms with van der Waals surface area (Å²) in [5, 5.41) is 8.85. The zero-order valence-electron chi connectivity index (χ0n) is 14.9. The van der Waals surface area contributed by atoms with E-state index in [2.05, 4.69) is 31.7 Å². The van der Waals surface area contributed by atoms with E-state index in [9.17, 15) is 4.79 Å². The summed E-state index contributed by atoms with van der Waals surface area (Å²) in [6.45, 7) is 8.55. The van der Waals surface area contributed by atoms with E-state index in [1.807, 2.05) is 36.2 Å². The van der Waals surface area contributed by atoms with Crippen molar-refractivity contribution in [3.05, 3.63) is 29.8 Å². The highest BCUT2D eigenvalue weighted by Gasteiger charge is 2.18. The predicted molar refractivity (Wildman–Crippen MR) is 95.6 cm³/mol. The Labute approximate surface area is 140 Å². The van der Waals surface area contributed by atoms with Crippen LogP contribution in [0, 0.1) is 17.2 Å². The van der Waals surface area contributed by atoms with E-state index in [1.54, 1.807) is 0 Å². The fourth-order valence-electron chi connectivity index (χ4n) is 2.54. The maximum Gasteiger partial charge on any atom is 0.253 e. The van der Waals surface area contributed by atoms with Crippen molar-refractivity contribution in [1.29, 1.82) is 5.26 Å². The number of anilines is 1. The van der Waals surface area contributed by atoms with Crippen molar-refractivity contribution in [3.8, 4) is 6.07 Å². The fourth-order valence-corrected chi connectivity index (χ4v) is 2.54. The molecule has 23 heavy (non-hydrogen) atoms. The quantitative estimate of drug-likeness (QED) is 0.693. The zero-order chi connectivity index (χ0) is 17.2. The zero-order valence-corrected chi connectivity index (χ0v) is 14.9. The monoisotopic (exact) mass is 315 g/mol. The Balaban J connectivity index is 2.88. The van der Waals surface area contributed by atoms with Gasteiger partial charge in [-0.3, -0.25) is 4.79 Å². The Morgan fingerprint density at radius 1 is 1.17 bits per heavy atom. The smallest absolute Gasteiger partial charge is 0.253 e. The van der Waals surface area contributed by atoms with Gasteiger partial charge >= 0.3 is 0 Å². The van der Waals surface area contributed by atoms with Crippen molar-refractivity contribution in [1.82, 2.24) is 4.90 Å². The third-order valence-electron chi connectivity index (χ3n) is 4.44. The van der Waals surface area contributed by atoms with Crippen molar-refractivity contribution >= 4 is 11.6 Å². The first kappa shape index (κ1) is 19.0. The van der Waals surface area contributed by atoms with Gasteiger partial charge in [-0.05, 0) is 37.1 Å². The molecule has 0 aliphatic carbocycles. The van der Waals surface area contributed by atoms with Gasteiger partial charge in [-0.25, -0.2) is 0 Å². The second-order valence-corrected chi connectivity index (χ2v) is 5.90. The maximum atomic E-state index is 12.8. The van der Waals surface area contributed by atoms with Crippen LogP contribution >= 0.6 is 0 Å². The van der Waals surface area contributed by atoms with E-state index >= 15 is 0 Å². The molecule has 0 aliphatic rings. The molecule has 0 spiro atoms. The first-order valence-corrected chi connectivity index (χ1v) is 8.54. The average Bonchev–Trinajstić information content (AvgIpc) is 2.61. The van der Waals surface area contributed by atoms with Crippen LogP contribution in [0.3, 0.4) is 0 Å². The van der Waals surface area contributed by atoms with Gasteiger partial charge in [0.1, 0.15) is 0 Å². The molecule has 0 N–H and O–H groups in total. The van der Waals surface area contributed by atoms with Crippen molar-refractivity contribution in [2.24, 2.45) is 5.92 Å². The first-order valence-electron chi connectivity index (χ1n) is 8.54. The van der Waals surface area contributed by atoms with Crippen LogP contribution in [-0.2, 0) is 0 Å². The lowest BCUT2D eigenvalue weighted by Gasteiger charge is -2.26. The van der Waals surface area contributed by atoms with E-state index in [1.165, 1.54) is 0 Å². The number of amides is 1. The molecule has 0 bridgehead atoms. The third kappa shape index (κ3) is 5.59. The molecule has 1 rings (SSSR count). The highest BCUT2D eigenvalue weighted by Crippen LogP contribution is 2.17. The van der Waals surface area contributed by atoms with Gasteiger partial charge < -0.3 is 9.80 Å². The topological polar surface area (TPSA) is 47.3 Å². The van der Waals surface area contributed by atoms with Crippen molar-refractivity contribution in [3.63, 3.8) is 0 Å². The molecular formula is C19H29N3O. The summed E-state index contributed by atoms with van der Waals surface area (Å²) in [5.74, 6) is 0.515. The minimum absolute atomic E-state index is 0.0258. The Morgan fingerprint density at radius 3 is 2.26 bits per heavy atom. The molecule has 0 saturated heterocycles. The Bertz CT molecular complexity index is 514. The highest BCUT2D eigenvalue weighted by molar-refractivity contribution is 5.94. The molecule has 126 valence electrons. The van der Waals surface area contributed by atoms with Gasteiger partial charge in [0.2, 0.25) is 0 Å². The summed E-state index contributed by atoms with van der Waals surface area (Å²) in [5.41, 5.74) is 1.80. The normalized spacial score (nSPS) is 10.4. The first-order chi connectivity index (χ1) is 11.1. The molecule has 4 nitrogen and oxygen atoms in total. The summed E-state index contributed by atoms with van der Waals surface area (Å²) in [6.07, 6.45) is 2.47. The van der Waals surface area contributed by atoms with Gasteiger partial charge in [0.25, 0.3) is 5.91 Å². The molecule has 0 saturated carbocycles. The standard InChI is InChI=1S/C19H29N3O/c1-5-16(6-2)15-22(14-8-13-20)19(23)17-9-11-18(12-10-17)21(4)7-3/h9-12,16H,5-8,14-15H2,1-4H3. The Kier molecular flexibility index (Phi) is 8.18.